The summed E-state index contributed by atoms with van der Waals surface area (Å²) >= 11 is 6.04. The number of anilines is 1. The molecule has 5 heteroatoms. The Morgan fingerprint density at radius 1 is 1.37 bits per heavy atom. The van der Waals surface area contributed by atoms with E-state index in [1.165, 1.54) is 0 Å². The summed E-state index contributed by atoms with van der Waals surface area (Å²) in [5.74, 6) is 0.540. The van der Waals surface area contributed by atoms with Crippen molar-refractivity contribution in [3.8, 4) is 17.7 Å². The zero-order valence-electron chi connectivity index (χ0n) is 10.6. The lowest BCUT2D eigenvalue weighted by Crippen LogP contribution is -1.99. The van der Waals surface area contributed by atoms with Crippen molar-refractivity contribution in [1.29, 1.82) is 5.26 Å². The van der Waals surface area contributed by atoms with Crippen LogP contribution in [-0.4, -0.2) is 4.98 Å². The molecule has 0 unspecified atom stereocenters. The summed E-state index contributed by atoms with van der Waals surface area (Å²) in [6.45, 7) is 3.66. The molecular weight excluding hydrogens is 262 g/mol. The summed E-state index contributed by atoms with van der Waals surface area (Å²) in [7, 11) is 0. The fraction of sp³-hybridized carbons (Fsp3) is 0.143. The monoisotopic (exact) mass is 273 g/mol. The van der Waals surface area contributed by atoms with Gasteiger partial charge in [0, 0.05) is 5.69 Å². The molecule has 0 spiro atoms. The zero-order chi connectivity index (χ0) is 14.0. The second-order valence-electron chi connectivity index (χ2n) is 4.13. The summed E-state index contributed by atoms with van der Waals surface area (Å²) < 4.78 is 5.63. The van der Waals surface area contributed by atoms with Crippen molar-refractivity contribution in [3.63, 3.8) is 0 Å². The lowest BCUT2D eigenvalue weighted by Gasteiger charge is -2.12. The Hall–Kier alpha value is -2.25. The largest absolute Gasteiger partial charge is 0.434 e. The maximum atomic E-state index is 9.17. The van der Waals surface area contributed by atoms with Crippen LogP contribution < -0.4 is 10.5 Å². The van der Waals surface area contributed by atoms with Crippen LogP contribution in [0.25, 0.3) is 0 Å². The number of nitrogen functional groups attached to an aromatic ring is 1. The van der Waals surface area contributed by atoms with Gasteiger partial charge in [-0.05, 0) is 37.6 Å². The van der Waals surface area contributed by atoms with Gasteiger partial charge in [0.1, 0.15) is 11.6 Å². The van der Waals surface area contributed by atoms with Crippen molar-refractivity contribution >= 4 is 17.3 Å². The second-order valence-corrected chi connectivity index (χ2v) is 4.54. The minimum atomic E-state index is 0.222. The molecule has 96 valence electrons. The van der Waals surface area contributed by atoms with Crippen LogP contribution in [0.1, 0.15) is 16.8 Å². The molecule has 2 aromatic rings. The van der Waals surface area contributed by atoms with Gasteiger partial charge in [-0.1, -0.05) is 17.7 Å². The number of aryl methyl sites for hydroxylation is 2. The number of nitrogens with zero attached hydrogens (tertiary/aromatic N) is 2. The molecule has 1 aromatic heterocycles. The molecule has 0 radical (unpaired) electrons. The Morgan fingerprint density at radius 2 is 2.11 bits per heavy atom. The highest BCUT2D eigenvalue weighted by atomic mass is 35.5. The summed E-state index contributed by atoms with van der Waals surface area (Å²) in [6.07, 6.45) is 0. The highest BCUT2D eigenvalue weighted by molar-refractivity contribution is 6.32. The number of halogens is 1. The van der Waals surface area contributed by atoms with Crippen LogP contribution in [0, 0.1) is 25.2 Å². The fourth-order valence-corrected chi connectivity index (χ4v) is 1.96. The molecule has 0 fully saturated rings. The fourth-order valence-electron chi connectivity index (χ4n) is 1.74. The van der Waals surface area contributed by atoms with E-state index >= 15 is 0 Å². The number of pyridine rings is 1. The Kier molecular flexibility index (Phi) is 3.59. The van der Waals surface area contributed by atoms with E-state index in [0.29, 0.717) is 22.0 Å². The van der Waals surface area contributed by atoms with Crippen molar-refractivity contribution in [2.45, 2.75) is 13.8 Å². The number of hydrogen-bond acceptors (Lipinski definition) is 4. The van der Waals surface area contributed by atoms with Gasteiger partial charge < -0.3 is 10.5 Å². The molecule has 0 aliphatic rings. The normalized spacial score (nSPS) is 10.0. The SMILES string of the molecule is Cc1cc(C)c(C#N)c(Oc2c(N)cccc2Cl)n1. The Morgan fingerprint density at radius 3 is 2.74 bits per heavy atom. The second kappa shape index (κ2) is 5.17. The van der Waals surface area contributed by atoms with Crippen molar-refractivity contribution in [2.75, 3.05) is 5.73 Å². The predicted octanol–water partition coefficient (Wildman–Crippen LogP) is 3.60. The number of para-hydroxylation sites is 1. The molecule has 19 heavy (non-hydrogen) atoms. The van der Waals surface area contributed by atoms with E-state index in [4.69, 9.17) is 22.1 Å². The van der Waals surface area contributed by atoms with Crippen LogP contribution in [0.15, 0.2) is 24.3 Å². The third-order valence-electron chi connectivity index (χ3n) is 2.62. The third kappa shape index (κ3) is 2.61. The van der Waals surface area contributed by atoms with Gasteiger partial charge in [-0.3, -0.25) is 0 Å². The van der Waals surface area contributed by atoms with Crippen LogP contribution in [0.4, 0.5) is 5.69 Å². The first-order chi connectivity index (χ1) is 9.02. The maximum absolute atomic E-state index is 9.17. The highest BCUT2D eigenvalue weighted by Crippen LogP contribution is 2.35. The molecule has 4 nitrogen and oxygen atoms in total. The van der Waals surface area contributed by atoms with E-state index in [1.54, 1.807) is 18.2 Å². The minimum Gasteiger partial charge on any atom is -0.434 e. The van der Waals surface area contributed by atoms with Crippen molar-refractivity contribution < 1.29 is 4.74 Å². The van der Waals surface area contributed by atoms with E-state index < -0.39 is 0 Å². The number of hydrogen-bond donors (Lipinski definition) is 1. The van der Waals surface area contributed by atoms with Gasteiger partial charge in [-0.2, -0.15) is 5.26 Å². The van der Waals surface area contributed by atoms with Gasteiger partial charge in [0.05, 0.1) is 10.7 Å². The van der Waals surface area contributed by atoms with Crippen LogP contribution in [0.3, 0.4) is 0 Å². The average Bonchev–Trinajstić information content (AvgIpc) is 2.33. The molecule has 0 aliphatic carbocycles. The quantitative estimate of drug-likeness (QED) is 0.849. The third-order valence-corrected chi connectivity index (χ3v) is 2.92. The molecule has 0 saturated carbocycles. The minimum absolute atomic E-state index is 0.222. The molecule has 0 saturated heterocycles. The Bertz CT molecular complexity index is 657. The molecule has 0 aliphatic heterocycles. The average molecular weight is 274 g/mol. The molecule has 0 amide bonds. The standard InChI is InChI=1S/C14H12ClN3O/c1-8-6-9(2)18-14(10(8)7-16)19-13-11(15)4-3-5-12(13)17/h3-6H,17H2,1-2H3. The van der Waals surface area contributed by atoms with Gasteiger partial charge in [0.25, 0.3) is 0 Å². The van der Waals surface area contributed by atoms with E-state index in [-0.39, 0.29) is 5.88 Å². The van der Waals surface area contributed by atoms with Crippen molar-refractivity contribution in [3.05, 3.63) is 46.1 Å². The first kappa shape index (κ1) is 13.2. The summed E-state index contributed by atoms with van der Waals surface area (Å²) in [6, 6.07) is 8.97. The molecule has 1 heterocycles. The summed E-state index contributed by atoms with van der Waals surface area (Å²) in [4.78, 5) is 4.22. The first-order valence-corrected chi connectivity index (χ1v) is 6.01. The first-order valence-electron chi connectivity index (χ1n) is 5.63. The van der Waals surface area contributed by atoms with Crippen LogP contribution in [-0.2, 0) is 0 Å². The van der Waals surface area contributed by atoms with Gasteiger partial charge in [0.2, 0.25) is 5.88 Å². The molecule has 0 bridgehead atoms. The van der Waals surface area contributed by atoms with Crippen LogP contribution in [0.5, 0.6) is 11.6 Å². The van der Waals surface area contributed by atoms with Gasteiger partial charge >= 0.3 is 0 Å². The topological polar surface area (TPSA) is 71.9 Å². The van der Waals surface area contributed by atoms with Crippen molar-refractivity contribution in [1.82, 2.24) is 4.98 Å². The van der Waals surface area contributed by atoms with Crippen LogP contribution >= 0.6 is 11.6 Å². The molecule has 0 atom stereocenters. The lowest BCUT2D eigenvalue weighted by molar-refractivity contribution is 0.462. The number of rotatable bonds is 2. The Labute approximate surface area is 116 Å². The predicted molar refractivity (Wildman–Crippen MR) is 74.4 cm³/mol. The zero-order valence-corrected chi connectivity index (χ0v) is 11.3. The Balaban J connectivity index is 2.53. The van der Waals surface area contributed by atoms with Gasteiger partial charge in [-0.25, -0.2) is 4.98 Å². The summed E-state index contributed by atoms with van der Waals surface area (Å²) in [5, 5.41) is 9.55. The molecular formula is C14H12ClN3O. The van der Waals surface area contributed by atoms with E-state index in [0.717, 1.165) is 11.3 Å². The smallest absolute Gasteiger partial charge is 0.237 e. The van der Waals surface area contributed by atoms with Gasteiger partial charge in [-0.15, -0.1) is 0 Å². The van der Waals surface area contributed by atoms with Gasteiger partial charge in [0.15, 0.2) is 5.75 Å². The van der Waals surface area contributed by atoms with Crippen molar-refractivity contribution in [2.24, 2.45) is 0 Å². The van der Waals surface area contributed by atoms with E-state index in [9.17, 15) is 5.26 Å². The highest BCUT2D eigenvalue weighted by Gasteiger charge is 2.14. The van der Waals surface area contributed by atoms with E-state index in [2.05, 4.69) is 11.1 Å². The lowest BCUT2D eigenvalue weighted by atomic mass is 10.1. The van der Waals surface area contributed by atoms with E-state index in [1.807, 2.05) is 19.9 Å². The molecule has 2 rings (SSSR count). The number of ether oxygens (including phenoxy) is 1. The number of nitriles is 1. The number of aromatic nitrogens is 1. The van der Waals surface area contributed by atoms with Crippen LogP contribution in [0.2, 0.25) is 5.02 Å². The number of benzene rings is 1. The molecule has 1 aromatic carbocycles. The number of nitrogens with two attached hydrogens (primary N) is 1. The molecule has 2 N–H and O–H groups in total. The maximum Gasteiger partial charge on any atom is 0.237 e. The summed E-state index contributed by atoms with van der Waals surface area (Å²) in [5.41, 5.74) is 8.16.